The zero-order chi connectivity index (χ0) is 9.78. The molecule has 0 heterocycles. The third-order valence-corrected chi connectivity index (χ3v) is 1.31. The summed E-state index contributed by atoms with van der Waals surface area (Å²) >= 11 is 5.39. The van der Waals surface area contributed by atoms with Gasteiger partial charge in [0.15, 0.2) is 0 Å². The number of terminal acetylenes is 1. The second-order valence-corrected chi connectivity index (χ2v) is 2.55. The smallest absolute Gasteiger partial charge is 0.107 e. The van der Waals surface area contributed by atoms with Crippen LogP contribution in [0.3, 0.4) is 0 Å². The number of alkyl halides is 1. The summed E-state index contributed by atoms with van der Waals surface area (Å²) in [6.45, 7) is 3.12. The summed E-state index contributed by atoms with van der Waals surface area (Å²) in [5.74, 6) is 2.89. The Kier molecular flexibility index (Phi) is 11.5. The minimum absolute atomic E-state index is 0.339. The van der Waals surface area contributed by atoms with Crippen LogP contribution < -0.4 is 0 Å². The summed E-state index contributed by atoms with van der Waals surface area (Å²) in [5, 5.41) is 0. The van der Waals surface area contributed by atoms with Crippen LogP contribution in [0.1, 0.15) is 0 Å². The fraction of sp³-hybridized carbons (Fsp3) is 0.778. The molecule has 0 aliphatic heterocycles. The van der Waals surface area contributed by atoms with Gasteiger partial charge in [-0.3, -0.25) is 0 Å². The Hall–Kier alpha value is -0.270. The fourth-order valence-electron chi connectivity index (χ4n) is 0.625. The van der Waals surface area contributed by atoms with E-state index in [1.54, 1.807) is 0 Å². The highest BCUT2D eigenvalue weighted by Crippen LogP contribution is 1.82. The van der Waals surface area contributed by atoms with Gasteiger partial charge in [0.2, 0.25) is 0 Å². The quantitative estimate of drug-likeness (QED) is 0.319. The van der Waals surface area contributed by atoms with E-state index in [1.807, 2.05) is 0 Å². The molecule has 13 heavy (non-hydrogen) atoms. The molecule has 0 aliphatic rings. The molecule has 0 unspecified atom stereocenters. The molecular formula is C9H15ClO3. The highest BCUT2D eigenvalue weighted by atomic mass is 35.5. The van der Waals surface area contributed by atoms with Crippen molar-refractivity contribution in [1.82, 2.24) is 0 Å². The van der Waals surface area contributed by atoms with Crippen LogP contribution in [0.2, 0.25) is 0 Å². The molecule has 0 N–H and O–H groups in total. The van der Waals surface area contributed by atoms with E-state index in [9.17, 15) is 0 Å². The highest BCUT2D eigenvalue weighted by Gasteiger charge is 1.89. The lowest BCUT2D eigenvalue weighted by molar-refractivity contribution is 0.0235. The summed E-state index contributed by atoms with van der Waals surface area (Å²) in [6.07, 6.45) is 4.98. The van der Waals surface area contributed by atoms with Gasteiger partial charge in [-0.1, -0.05) is 5.92 Å². The van der Waals surface area contributed by atoms with Gasteiger partial charge in [0, 0.05) is 5.88 Å². The summed E-state index contributed by atoms with van der Waals surface area (Å²) in [7, 11) is 0. The SMILES string of the molecule is C#CCOCCOCCOCCCl. The Morgan fingerprint density at radius 3 is 2.00 bits per heavy atom. The van der Waals surface area contributed by atoms with Crippen LogP contribution in [0.4, 0.5) is 0 Å². The largest absolute Gasteiger partial charge is 0.378 e. The van der Waals surface area contributed by atoms with Crippen LogP contribution in [-0.2, 0) is 14.2 Å². The molecule has 76 valence electrons. The van der Waals surface area contributed by atoms with E-state index < -0.39 is 0 Å². The second kappa shape index (κ2) is 11.7. The number of halogens is 1. The molecule has 3 nitrogen and oxygen atoms in total. The first-order valence-electron chi connectivity index (χ1n) is 4.14. The predicted molar refractivity (Wildman–Crippen MR) is 52.0 cm³/mol. The first-order valence-corrected chi connectivity index (χ1v) is 4.68. The molecule has 0 aromatic heterocycles. The fourth-order valence-corrected chi connectivity index (χ4v) is 0.735. The van der Waals surface area contributed by atoms with E-state index >= 15 is 0 Å². The Labute approximate surface area is 84.3 Å². The monoisotopic (exact) mass is 206 g/mol. The summed E-state index contributed by atoms with van der Waals surface area (Å²) in [6, 6.07) is 0. The molecule has 0 aromatic carbocycles. The molecule has 4 heteroatoms. The van der Waals surface area contributed by atoms with Crippen LogP contribution in [0.5, 0.6) is 0 Å². The lowest BCUT2D eigenvalue weighted by atomic mass is 10.7. The maximum Gasteiger partial charge on any atom is 0.107 e. The molecule has 0 aromatic rings. The third kappa shape index (κ3) is 11.7. The van der Waals surface area contributed by atoms with Crippen LogP contribution in [0.25, 0.3) is 0 Å². The van der Waals surface area contributed by atoms with E-state index in [4.69, 9.17) is 32.2 Å². The molecule has 0 saturated carbocycles. The maximum absolute atomic E-state index is 5.39. The minimum atomic E-state index is 0.339. The molecule has 0 spiro atoms. The van der Waals surface area contributed by atoms with Gasteiger partial charge in [0.05, 0.1) is 33.0 Å². The number of hydrogen-bond acceptors (Lipinski definition) is 3. The van der Waals surface area contributed by atoms with Crippen molar-refractivity contribution in [3.63, 3.8) is 0 Å². The van der Waals surface area contributed by atoms with Crippen molar-refractivity contribution in [2.45, 2.75) is 0 Å². The van der Waals surface area contributed by atoms with Crippen molar-refractivity contribution in [2.24, 2.45) is 0 Å². The number of rotatable bonds is 9. The summed E-state index contributed by atoms with van der Waals surface area (Å²) in [5.41, 5.74) is 0. The molecule has 0 atom stereocenters. The Bertz CT molecular complexity index is 133. The maximum atomic E-state index is 5.39. The molecule has 0 saturated heterocycles. The number of hydrogen-bond donors (Lipinski definition) is 0. The van der Waals surface area contributed by atoms with Crippen molar-refractivity contribution in [2.75, 3.05) is 45.5 Å². The van der Waals surface area contributed by atoms with Gasteiger partial charge in [-0.05, 0) is 0 Å². The van der Waals surface area contributed by atoms with Gasteiger partial charge in [0.1, 0.15) is 6.61 Å². The van der Waals surface area contributed by atoms with Crippen LogP contribution in [0, 0.1) is 12.3 Å². The Morgan fingerprint density at radius 1 is 0.923 bits per heavy atom. The molecule has 0 aliphatic carbocycles. The van der Waals surface area contributed by atoms with Crippen LogP contribution in [0.15, 0.2) is 0 Å². The van der Waals surface area contributed by atoms with E-state index in [0.717, 1.165) is 0 Å². The number of ether oxygens (including phenoxy) is 3. The average Bonchev–Trinajstić information content (AvgIpc) is 2.16. The van der Waals surface area contributed by atoms with Gasteiger partial charge >= 0.3 is 0 Å². The topological polar surface area (TPSA) is 27.7 Å². The van der Waals surface area contributed by atoms with Crippen molar-refractivity contribution < 1.29 is 14.2 Å². The molecule has 0 bridgehead atoms. The molecule has 0 fully saturated rings. The minimum Gasteiger partial charge on any atom is -0.378 e. The van der Waals surface area contributed by atoms with Gasteiger partial charge < -0.3 is 14.2 Å². The van der Waals surface area contributed by atoms with Crippen LogP contribution >= 0.6 is 11.6 Å². The molecule has 0 rings (SSSR count). The molecule has 0 amide bonds. The van der Waals surface area contributed by atoms with Gasteiger partial charge in [-0.15, -0.1) is 18.0 Å². The average molecular weight is 207 g/mol. The molecular weight excluding hydrogens is 192 g/mol. The summed E-state index contributed by atoms with van der Waals surface area (Å²) in [4.78, 5) is 0. The first-order chi connectivity index (χ1) is 6.41. The molecule has 0 radical (unpaired) electrons. The van der Waals surface area contributed by atoms with Gasteiger partial charge in [-0.25, -0.2) is 0 Å². The highest BCUT2D eigenvalue weighted by molar-refractivity contribution is 6.17. The van der Waals surface area contributed by atoms with E-state index in [-0.39, 0.29) is 0 Å². The lowest BCUT2D eigenvalue weighted by Gasteiger charge is -2.04. The van der Waals surface area contributed by atoms with Gasteiger partial charge in [0.25, 0.3) is 0 Å². The van der Waals surface area contributed by atoms with Crippen molar-refractivity contribution >= 4 is 11.6 Å². The zero-order valence-electron chi connectivity index (χ0n) is 7.63. The van der Waals surface area contributed by atoms with Crippen molar-refractivity contribution in [3.8, 4) is 12.3 Å². The van der Waals surface area contributed by atoms with E-state index in [1.165, 1.54) is 0 Å². The lowest BCUT2D eigenvalue weighted by Crippen LogP contribution is -2.10. The van der Waals surface area contributed by atoms with Crippen LogP contribution in [-0.4, -0.2) is 45.5 Å². The van der Waals surface area contributed by atoms with Gasteiger partial charge in [-0.2, -0.15) is 0 Å². The Balaban J connectivity index is 2.80. The normalized spacial score (nSPS) is 9.85. The first kappa shape index (κ1) is 12.7. The van der Waals surface area contributed by atoms with Crippen molar-refractivity contribution in [3.05, 3.63) is 0 Å². The predicted octanol–water partition coefficient (Wildman–Crippen LogP) is 0.908. The van der Waals surface area contributed by atoms with Crippen molar-refractivity contribution in [1.29, 1.82) is 0 Å². The summed E-state index contributed by atoms with van der Waals surface area (Å²) < 4.78 is 15.2. The second-order valence-electron chi connectivity index (χ2n) is 2.17. The third-order valence-electron chi connectivity index (χ3n) is 1.15. The Morgan fingerprint density at radius 2 is 1.46 bits per heavy atom. The standard InChI is InChI=1S/C9H15ClO3/c1-2-4-11-6-8-13-9-7-12-5-3-10/h1H,3-9H2. The van der Waals surface area contributed by atoms with E-state index in [0.29, 0.717) is 45.5 Å². The zero-order valence-corrected chi connectivity index (χ0v) is 8.39. The van der Waals surface area contributed by atoms with E-state index in [2.05, 4.69) is 5.92 Å².